The van der Waals surface area contributed by atoms with Gasteiger partial charge in [0.05, 0.1) is 17.1 Å². The van der Waals surface area contributed by atoms with Crippen LogP contribution in [-0.2, 0) is 0 Å². The zero-order valence-corrected chi connectivity index (χ0v) is 22.0. The summed E-state index contributed by atoms with van der Waals surface area (Å²) < 4.78 is 6.40. The molecule has 1 atom stereocenters. The molecule has 0 aromatic heterocycles. The molecule has 0 saturated heterocycles. The summed E-state index contributed by atoms with van der Waals surface area (Å²) in [6.45, 7) is 4.67. The van der Waals surface area contributed by atoms with Gasteiger partial charge < -0.3 is 15.4 Å². The number of carbonyl (C=O) groups excluding carboxylic acids is 2. The maximum Gasteiger partial charge on any atom is 0.257 e. The summed E-state index contributed by atoms with van der Waals surface area (Å²) in [5.74, 6) is 0.184. The van der Waals surface area contributed by atoms with Gasteiger partial charge in [-0.25, -0.2) is 0 Å². The number of carbonyl (C=O) groups is 2. The monoisotopic (exact) mass is 553 g/mol. The molecular formula is C27H28BrN3O3S. The van der Waals surface area contributed by atoms with E-state index < -0.39 is 0 Å². The zero-order valence-electron chi connectivity index (χ0n) is 19.6. The van der Waals surface area contributed by atoms with Gasteiger partial charge >= 0.3 is 0 Å². The number of anilines is 1. The maximum absolute atomic E-state index is 12.6. The van der Waals surface area contributed by atoms with Gasteiger partial charge in [0.25, 0.3) is 11.8 Å². The Kier molecular flexibility index (Phi) is 9.81. The van der Waals surface area contributed by atoms with Gasteiger partial charge in [0, 0.05) is 16.8 Å². The van der Waals surface area contributed by atoms with Crippen LogP contribution in [0.1, 0.15) is 59.0 Å². The average Bonchev–Trinajstić information content (AvgIpc) is 2.86. The van der Waals surface area contributed by atoms with E-state index in [4.69, 9.17) is 17.0 Å². The molecule has 0 aliphatic rings. The molecule has 0 radical (unpaired) electrons. The Morgan fingerprint density at radius 2 is 1.66 bits per heavy atom. The predicted octanol–water partition coefficient (Wildman–Crippen LogP) is 6.25. The number of nitrogens with one attached hydrogen (secondary N) is 3. The highest BCUT2D eigenvalue weighted by atomic mass is 79.9. The molecule has 0 spiro atoms. The Morgan fingerprint density at radius 1 is 0.971 bits per heavy atom. The molecule has 8 heteroatoms. The lowest BCUT2D eigenvalue weighted by molar-refractivity contribution is 0.0938. The van der Waals surface area contributed by atoms with E-state index in [1.807, 2.05) is 37.3 Å². The summed E-state index contributed by atoms with van der Waals surface area (Å²) in [7, 11) is 0. The van der Waals surface area contributed by atoms with E-state index in [-0.39, 0.29) is 23.0 Å². The predicted molar refractivity (Wildman–Crippen MR) is 147 cm³/mol. The summed E-state index contributed by atoms with van der Waals surface area (Å²) >= 11 is 8.73. The van der Waals surface area contributed by atoms with Gasteiger partial charge in [-0.1, -0.05) is 43.7 Å². The van der Waals surface area contributed by atoms with Gasteiger partial charge in [-0.2, -0.15) is 0 Å². The van der Waals surface area contributed by atoms with Gasteiger partial charge in [-0.05, 0) is 89.5 Å². The molecule has 2 amide bonds. The minimum absolute atomic E-state index is 0.110. The third kappa shape index (κ3) is 7.90. The van der Waals surface area contributed by atoms with E-state index >= 15 is 0 Å². The Hall–Kier alpha value is -3.23. The SMILES string of the molecule is CCCCOc1ccc(C(=O)NC(=S)Nc2ccc(C(=O)NC(C)c3ccccc3)cc2)cc1Br. The minimum atomic E-state index is -0.339. The summed E-state index contributed by atoms with van der Waals surface area (Å²) in [5, 5.41) is 8.77. The van der Waals surface area contributed by atoms with E-state index in [1.54, 1.807) is 42.5 Å². The number of unbranched alkanes of at least 4 members (excludes halogenated alkanes) is 1. The molecule has 35 heavy (non-hydrogen) atoms. The Bertz CT molecular complexity index is 1170. The molecule has 0 aliphatic heterocycles. The summed E-state index contributed by atoms with van der Waals surface area (Å²) in [4.78, 5) is 25.1. The molecule has 1 unspecified atom stereocenters. The fraction of sp³-hybridized carbons (Fsp3) is 0.222. The van der Waals surface area contributed by atoms with Crippen LogP contribution < -0.4 is 20.7 Å². The molecule has 182 valence electrons. The Morgan fingerprint density at radius 3 is 2.31 bits per heavy atom. The van der Waals surface area contributed by atoms with Crippen LogP contribution in [0.2, 0.25) is 0 Å². The van der Waals surface area contributed by atoms with E-state index in [0.29, 0.717) is 33.6 Å². The number of hydrogen-bond donors (Lipinski definition) is 3. The molecule has 0 heterocycles. The first-order chi connectivity index (χ1) is 16.9. The van der Waals surface area contributed by atoms with Crippen LogP contribution in [0.15, 0.2) is 77.3 Å². The first-order valence-electron chi connectivity index (χ1n) is 11.4. The van der Waals surface area contributed by atoms with Crippen LogP contribution in [0.5, 0.6) is 5.75 Å². The van der Waals surface area contributed by atoms with Gasteiger partial charge in [-0.3, -0.25) is 14.9 Å². The van der Waals surface area contributed by atoms with Crippen molar-refractivity contribution in [2.75, 3.05) is 11.9 Å². The van der Waals surface area contributed by atoms with Gasteiger partial charge in [-0.15, -0.1) is 0 Å². The highest BCUT2D eigenvalue weighted by Crippen LogP contribution is 2.26. The van der Waals surface area contributed by atoms with Crippen molar-refractivity contribution in [2.45, 2.75) is 32.7 Å². The fourth-order valence-corrected chi connectivity index (χ4v) is 3.94. The molecule has 3 aromatic carbocycles. The second kappa shape index (κ2) is 13.0. The van der Waals surface area contributed by atoms with Crippen LogP contribution in [0.3, 0.4) is 0 Å². The third-order valence-electron chi connectivity index (χ3n) is 5.23. The Balaban J connectivity index is 1.52. The number of hydrogen-bond acceptors (Lipinski definition) is 4. The smallest absolute Gasteiger partial charge is 0.257 e. The molecule has 3 N–H and O–H groups in total. The van der Waals surface area contributed by atoms with Crippen molar-refractivity contribution in [3.63, 3.8) is 0 Å². The lowest BCUT2D eigenvalue weighted by atomic mass is 10.1. The molecule has 3 aromatic rings. The van der Waals surface area contributed by atoms with Gasteiger partial charge in [0.1, 0.15) is 5.75 Å². The van der Waals surface area contributed by atoms with Crippen molar-refractivity contribution in [3.05, 3.63) is 94.0 Å². The molecule has 6 nitrogen and oxygen atoms in total. The van der Waals surface area contributed by atoms with Crippen molar-refractivity contribution in [1.82, 2.24) is 10.6 Å². The largest absolute Gasteiger partial charge is 0.492 e. The van der Waals surface area contributed by atoms with E-state index in [9.17, 15) is 9.59 Å². The lowest BCUT2D eigenvalue weighted by Crippen LogP contribution is -2.34. The second-order valence-corrected chi connectivity index (χ2v) is 9.20. The standard InChI is InChI=1S/C27H28BrN3O3S/c1-3-4-16-34-24-15-12-21(17-23(24)28)26(33)31-27(35)30-22-13-10-20(11-14-22)25(32)29-18(2)19-8-6-5-7-9-19/h5-15,17-18H,3-4,16H2,1-2H3,(H,29,32)(H2,30,31,33,35). The van der Waals surface area contributed by atoms with E-state index in [2.05, 4.69) is 38.8 Å². The van der Waals surface area contributed by atoms with E-state index in [1.165, 1.54) is 0 Å². The molecule has 0 aliphatic carbocycles. The quantitative estimate of drug-likeness (QED) is 0.215. The second-order valence-electron chi connectivity index (χ2n) is 7.94. The minimum Gasteiger partial charge on any atom is -0.492 e. The molecule has 0 fully saturated rings. The number of amides is 2. The van der Waals surface area contributed by atoms with Crippen LogP contribution in [0, 0.1) is 0 Å². The van der Waals surface area contributed by atoms with Crippen molar-refractivity contribution in [1.29, 1.82) is 0 Å². The fourth-order valence-electron chi connectivity index (χ4n) is 3.23. The molecular weight excluding hydrogens is 526 g/mol. The highest BCUT2D eigenvalue weighted by molar-refractivity contribution is 9.10. The van der Waals surface area contributed by atoms with Crippen LogP contribution in [-0.4, -0.2) is 23.5 Å². The number of ether oxygens (including phenoxy) is 1. The topological polar surface area (TPSA) is 79.5 Å². The van der Waals surface area contributed by atoms with E-state index in [0.717, 1.165) is 18.4 Å². The summed E-state index contributed by atoms with van der Waals surface area (Å²) in [5.41, 5.74) is 2.66. The first kappa shape index (κ1) is 26.4. The van der Waals surface area contributed by atoms with Crippen LogP contribution >= 0.6 is 28.1 Å². The molecule has 3 rings (SSSR count). The first-order valence-corrected chi connectivity index (χ1v) is 12.6. The summed E-state index contributed by atoms with van der Waals surface area (Å²) in [6, 6.07) is 21.7. The normalized spacial score (nSPS) is 11.3. The van der Waals surface area contributed by atoms with Crippen molar-refractivity contribution in [2.24, 2.45) is 0 Å². The Labute approximate surface area is 219 Å². The average molecular weight is 555 g/mol. The number of rotatable bonds is 9. The highest BCUT2D eigenvalue weighted by Gasteiger charge is 2.13. The zero-order chi connectivity index (χ0) is 25.2. The molecule has 0 saturated carbocycles. The van der Waals surface area contributed by atoms with Crippen molar-refractivity contribution < 1.29 is 14.3 Å². The van der Waals surface area contributed by atoms with Crippen LogP contribution in [0.4, 0.5) is 5.69 Å². The third-order valence-corrected chi connectivity index (χ3v) is 6.05. The number of thiocarbonyl (C=S) groups is 1. The van der Waals surface area contributed by atoms with Crippen molar-refractivity contribution >= 4 is 50.8 Å². The van der Waals surface area contributed by atoms with Gasteiger partial charge in [0.15, 0.2) is 5.11 Å². The van der Waals surface area contributed by atoms with Crippen molar-refractivity contribution in [3.8, 4) is 5.75 Å². The van der Waals surface area contributed by atoms with Crippen LogP contribution in [0.25, 0.3) is 0 Å². The molecule has 0 bridgehead atoms. The summed E-state index contributed by atoms with van der Waals surface area (Å²) in [6.07, 6.45) is 2.01. The number of benzene rings is 3. The van der Waals surface area contributed by atoms with Gasteiger partial charge in [0.2, 0.25) is 0 Å². The number of halogens is 1. The lowest BCUT2D eigenvalue weighted by Gasteiger charge is -2.15. The maximum atomic E-state index is 12.6.